The summed E-state index contributed by atoms with van der Waals surface area (Å²) in [6.45, 7) is 2.10. The number of nitrogen functional groups attached to an aromatic ring is 2. The molecule has 0 spiro atoms. The van der Waals surface area contributed by atoms with Gasteiger partial charge in [0.15, 0.2) is 0 Å². The first-order chi connectivity index (χ1) is 6.16. The number of para-hydroxylation sites is 1. The molecule has 0 saturated heterocycles. The molecule has 0 amide bonds. The minimum atomic E-state index is 0.00787. The normalized spacial score (nSPS) is 12.8. The van der Waals surface area contributed by atoms with Gasteiger partial charge in [0.25, 0.3) is 0 Å². The Kier molecular flexibility index (Phi) is 3.14. The van der Waals surface area contributed by atoms with Gasteiger partial charge in [-0.25, -0.2) is 0 Å². The summed E-state index contributed by atoms with van der Waals surface area (Å²) in [4.78, 5) is 0. The molecule has 1 aromatic rings. The number of benzene rings is 1. The third kappa shape index (κ3) is 2.12. The fraction of sp³-hybridized carbons (Fsp3) is 0.400. The number of anilines is 2. The highest BCUT2D eigenvalue weighted by Gasteiger charge is 2.09. The molecule has 3 nitrogen and oxygen atoms in total. The van der Waals surface area contributed by atoms with E-state index in [0.717, 1.165) is 18.4 Å². The Bertz CT molecular complexity index is 283. The maximum Gasteiger partial charge on any atom is 0.0596 e. The predicted octanol–water partition coefficient (Wildman–Crippen LogP) is 1.65. The summed E-state index contributed by atoms with van der Waals surface area (Å²) in [5, 5.41) is 0. The molecule has 0 saturated carbocycles. The largest absolute Gasteiger partial charge is 0.397 e. The van der Waals surface area contributed by atoms with Crippen LogP contribution >= 0.6 is 0 Å². The van der Waals surface area contributed by atoms with Gasteiger partial charge in [-0.05, 0) is 18.1 Å². The minimum Gasteiger partial charge on any atom is -0.397 e. The van der Waals surface area contributed by atoms with Crippen molar-refractivity contribution in [2.45, 2.75) is 25.8 Å². The standard InChI is InChI=1S/C10H17N3/c1-2-4-8(11)7-5-3-6-9(12)10(7)13/h3,5-6,8H,2,4,11-13H2,1H3. The van der Waals surface area contributed by atoms with Gasteiger partial charge in [-0.3, -0.25) is 0 Å². The Balaban J connectivity index is 2.93. The van der Waals surface area contributed by atoms with Crippen molar-refractivity contribution in [1.29, 1.82) is 0 Å². The molecule has 0 aliphatic carbocycles. The molecule has 1 aromatic carbocycles. The van der Waals surface area contributed by atoms with Crippen LogP contribution in [0.2, 0.25) is 0 Å². The number of hydrogen-bond acceptors (Lipinski definition) is 3. The molecule has 1 unspecified atom stereocenters. The van der Waals surface area contributed by atoms with Crippen molar-refractivity contribution >= 4 is 11.4 Å². The molecule has 0 aromatic heterocycles. The topological polar surface area (TPSA) is 78.1 Å². The second-order valence-corrected chi connectivity index (χ2v) is 3.25. The third-order valence-corrected chi connectivity index (χ3v) is 2.17. The van der Waals surface area contributed by atoms with Crippen molar-refractivity contribution < 1.29 is 0 Å². The van der Waals surface area contributed by atoms with Crippen molar-refractivity contribution in [1.82, 2.24) is 0 Å². The SMILES string of the molecule is CCCC(N)c1cccc(N)c1N. The number of rotatable bonds is 3. The highest BCUT2D eigenvalue weighted by molar-refractivity contribution is 5.67. The van der Waals surface area contributed by atoms with Crippen LogP contribution in [0.1, 0.15) is 31.4 Å². The molecule has 3 heteroatoms. The zero-order valence-electron chi connectivity index (χ0n) is 7.96. The predicted molar refractivity (Wildman–Crippen MR) is 57.1 cm³/mol. The van der Waals surface area contributed by atoms with E-state index >= 15 is 0 Å². The molecule has 6 N–H and O–H groups in total. The quantitative estimate of drug-likeness (QED) is 0.617. The molecule has 0 radical (unpaired) electrons. The van der Waals surface area contributed by atoms with Crippen molar-refractivity contribution in [3.05, 3.63) is 23.8 Å². The van der Waals surface area contributed by atoms with Crippen molar-refractivity contribution in [2.75, 3.05) is 11.5 Å². The van der Waals surface area contributed by atoms with E-state index < -0.39 is 0 Å². The van der Waals surface area contributed by atoms with Gasteiger partial charge < -0.3 is 17.2 Å². The van der Waals surface area contributed by atoms with Crippen LogP contribution in [0, 0.1) is 0 Å². The summed E-state index contributed by atoms with van der Waals surface area (Å²) in [5.41, 5.74) is 19.6. The third-order valence-electron chi connectivity index (χ3n) is 2.17. The lowest BCUT2D eigenvalue weighted by Crippen LogP contribution is -2.13. The Labute approximate surface area is 78.9 Å². The molecular formula is C10H17N3. The van der Waals surface area contributed by atoms with Gasteiger partial charge in [0.1, 0.15) is 0 Å². The summed E-state index contributed by atoms with van der Waals surface area (Å²) >= 11 is 0. The maximum absolute atomic E-state index is 5.94. The van der Waals surface area contributed by atoms with E-state index in [-0.39, 0.29) is 6.04 Å². The fourth-order valence-corrected chi connectivity index (χ4v) is 1.39. The van der Waals surface area contributed by atoms with E-state index in [9.17, 15) is 0 Å². The van der Waals surface area contributed by atoms with Crippen LogP contribution in [0.5, 0.6) is 0 Å². The van der Waals surface area contributed by atoms with Gasteiger partial charge in [-0.2, -0.15) is 0 Å². The monoisotopic (exact) mass is 179 g/mol. The zero-order valence-corrected chi connectivity index (χ0v) is 7.96. The van der Waals surface area contributed by atoms with E-state index in [4.69, 9.17) is 17.2 Å². The molecule has 0 bridgehead atoms. The van der Waals surface area contributed by atoms with Gasteiger partial charge in [0.2, 0.25) is 0 Å². The summed E-state index contributed by atoms with van der Waals surface area (Å²) in [5.74, 6) is 0. The van der Waals surface area contributed by atoms with Crippen LogP contribution in [-0.4, -0.2) is 0 Å². The average Bonchev–Trinajstić information content (AvgIpc) is 2.10. The Morgan fingerprint density at radius 3 is 2.62 bits per heavy atom. The molecule has 0 aliphatic rings. The number of hydrogen-bond donors (Lipinski definition) is 3. The summed E-state index contributed by atoms with van der Waals surface area (Å²) in [6, 6.07) is 5.62. The highest BCUT2D eigenvalue weighted by atomic mass is 14.7. The molecule has 0 heterocycles. The van der Waals surface area contributed by atoms with Crippen LogP contribution in [0.3, 0.4) is 0 Å². The van der Waals surface area contributed by atoms with E-state index in [0.29, 0.717) is 11.4 Å². The number of nitrogens with two attached hydrogens (primary N) is 3. The molecule has 0 aliphatic heterocycles. The van der Waals surface area contributed by atoms with Crippen molar-refractivity contribution in [3.63, 3.8) is 0 Å². The van der Waals surface area contributed by atoms with Crippen molar-refractivity contribution in [2.24, 2.45) is 5.73 Å². The minimum absolute atomic E-state index is 0.00787. The molecular weight excluding hydrogens is 162 g/mol. The van der Waals surface area contributed by atoms with Crippen LogP contribution in [0.4, 0.5) is 11.4 Å². The Morgan fingerprint density at radius 1 is 1.31 bits per heavy atom. The molecule has 1 rings (SSSR count). The first kappa shape index (κ1) is 9.86. The van der Waals surface area contributed by atoms with Crippen LogP contribution in [0.15, 0.2) is 18.2 Å². The van der Waals surface area contributed by atoms with Crippen LogP contribution in [0.25, 0.3) is 0 Å². The van der Waals surface area contributed by atoms with E-state index in [2.05, 4.69) is 6.92 Å². The average molecular weight is 179 g/mol. The van der Waals surface area contributed by atoms with Gasteiger partial charge in [-0.1, -0.05) is 25.5 Å². The van der Waals surface area contributed by atoms with E-state index in [1.54, 1.807) is 6.07 Å². The van der Waals surface area contributed by atoms with E-state index in [1.807, 2.05) is 12.1 Å². The molecule has 0 fully saturated rings. The van der Waals surface area contributed by atoms with Gasteiger partial charge in [0, 0.05) is 6.04 Å². The van der Waals surface area contributed by atoms with Gasteiger partial charge in [-0.15, -0.1) is 0 Å². The Morgan fingerprint density at radius 2 is 2.00 bits per heavy atom. The second-order valence-electron chi connectivity index (χ2n) is 3.25. The summed E-state index contributed by atoms with van der Waals surface area (Å²) in [7, 11) is 0. The fourth-order valence-electron chi connectivity index (χ4n) is 1.39. The van der Waals surface area contributed by atoms with Crippen LogP contribution < -0.4 is 17.2 Å². The summed E-state index contributed by atoms with van der Waals surface area (Å²) in [6.07, 6.45) is 1.99. The molecule has 13 heavy (non-hydrogen) atoms. The first-order valence-corrected chi connectivity index (χ1v) is 4.56. The second kappa shape index (κ2) is 4.14. The molecule has 72 valence electrons. The van der Waals surface area contributed by atoms with E-state index in [1.165, 1.54) is 0 Å². The zero-order chi connectivity index (χ0) is 9.84. The van der Waals surface area contributed by atoms with Crippen LogP contribution in [-0.2, 0) is 0 Å². The van der Waals surface area contributed by atoms with Gasteiger partial charge in [0.05, 0.1) is 11.4 Å². The van der Waals surface area contributed by atoms with Crippen molar-refractivity contribution in [3.8, 4) is 0 Å². The lowest BCUT2D eigenvalue weighted by molar-refractivity contribution is 0.640. The maximum atomic E-state index is 5.94. The van der Waals surface area contributed by atoms with Gasteiger partial charge >= 0.3 is 0 Å². The molecule has 1 atom stereocenters. The lowest BCUT2D eigenvalue weighted by Gasteiger charge is -2.14. The Hall–Kier alpha value is -1.22. The highest BCUT2D eigenvalue weighted by Crippen LogP contribution is 2.26. The first-order valence-electron chi connectivity index (χ1n) is 4.56. The lowest BCUT2D eigenvalue weighted by atomic mass is 10.0. The smallest absolute Gasteiger partial charge is 0.0596 e. The summed E-state index contributed by atoms with van der Waals surface area (Å²) < 4.78 is 0.